The monoisotopic (exact) mass is 343 g/mol. The molecule has 0 spiro atoms. The third-order valence-electron chi connectivity index (χ3n) is 3.87. The van der Waals surface area contributed by atoms with Gasteiger partial charge >= 0.3 is 6.18 Å². The summed E-state index contributed by atoms with van der Waals surface area (Å²) in [6.45, 7) is 1.30. The summed E-state index contributed by atoms with van der Waals surface area (Å²) >= 11 is 5.93. The molecule has 1 N–H and O–H groups in total. The highest BCUT2D eigenvalue weighted by Crippen LogP contribution is 2.44. The van der Waals surface area contributed by atoms with Crippen LogP contribution in [-0.2, 0) is 0 Å². The topological polar surface area (TPSA) is 46.9 Å². The highest BCUT2D eigenvalue weighted by atomic mass is 35.5. The summed E-state index contributed by atoms with van der Waals surface area (Å²) in [6.07, 6.45) is -3.52. The van der Waals surface area contributed by atoms with Crippen molar-refractivity contribution < 1.29 is 18.0 Å². The van der Waals surface area contributed by atoms with Gasteiger partial charge in [-0.05, 0) is 24.6 Å². The van der Waals surface area contributed by atoms with Crippen molar-refractivity contribution in [2.75, 3.05) is 5.32 Å². The number of anilines is 1. The first-order valence-corrected chi connectivity index (χ1v) is 7.32. The molecule has 0 saturated carbocycles. The maximum atomic E-state index is 13.4. The minimum atomic E-state index is -4.46. The van der Waals surface area contributed by atoms with Gasteiger partial charge in [0.1, 0.15) is 5.82 Å². The van der Waals surface area contributed by atoms with Gasteiger partial charge in [-0.15, -0.1) is 0 Å². The SMILES string of the molecule is CC(=O)c1cnn2c1NC(c1cccc(Cl)c1)CC2C(F)(F)F. The van der Waals surface area contributed by atoms with E-state index in [0.717, 1.165) is 4.68 Å². The van der Waals surface area contributed by atoms with Crippen LogP contribution in [0.15, 0.2) is 30.5 Å². The lowest BCUT2D eigenvalue weighted by atomic mass is 9.96. The van der Waals surface area contributed by atoms with Crippen LogP contribution in [0.5, 0.6) is 0 Å². The second-order valence-electron chi connectivity index (χ2n) is 5.45. The molecule has 0 radical (unpaired) electrons. The van der Waals surface area contributed by atoms with E-state index >= 15 is 0 Å². The summed E-state index contributed by atoms with van der Waals surface area (Å²) in [7, 11) is 0. The standard InChI is InChI=1S/C15H13ClF3N3O/c1-8(23)11-7-20-22-13(15(17,18)19)6-12(21-14(11)22)9-3-2-4-10(16)5-9/h2-5,7,12-13,21H,6H2,1H3. The van der Waals surface area contributed by atoms with Crippen LogP contribution in [-0.4, -0.2) is 21.7 Å². The van der Waals surface area contributed by atoms with E-state index in [0.29, 0.717) is 10.6 Å². The zero-order chi connectivity index (χ0) is 16.8. The van der Waals surface area contributed by atoms with Crippen molar-refractivity contribution in [1.82, 2.24) is 9.78 Å². The highest BCUT2D eigenvalue weighted by Gasteiger charge is 2.47. The van der Waals surface area contributed by atoms with Crippen LogP contribution in [0.4, 0.5) is 19.0 Å². The van der Waals surface area contributed by atoms with Gasteiger partial charge in [-0.3, -0.25) is 4.79 Å². The maximum absolute atomic E-state index is 13.4. The van der Waals surface area contributed by atoms with Crippen LogP contribution in [0.2, 0.25) is 5.02 Å². The van der Waals surface area contributed by atoms with Crippen molar-refractivity contribution >= 4 is 23.2 Å². The predicted octanol–water partition coefficient (Wildman–Crippen LogP) is 4.40. The van der Waals surface area contributed by atoms with E-state index in [9.17, 15) is 18.0 Å². The molecule has 2 aromatic rings. The molecule has 1 aliphatic rings. The number of hydrogen-bond acceptors (Lipinski definition) is 3. The molecular weight excluding hydrogens is 331 g/mol. The molecule has 2 atom stereocenters. The normalized spacial score (nSPS) is 20.7. The number of Topliss-reactive ketones (excluding diaryl/α,β-unsaturated/α-hetero) is 1. The van der Waals surface area contributed by atoms with Crippen molar-refractivity contribution in [2.24, 2.45) is 0 Å². The lowest BCUT2D eigenvalue weighted by molar-refractivity contribution is -0.173. The fraction of sp³-hybridized carbons (Fsp3) is 0.333. The molecule has 8 heteroatoms. The van der Waals surface area contributed by atoms with Gasteiger partial charge < -0.3 is 5.32 Å². The molecule has 0 saturated heterocycles. The molecule has 2 heterocycles. The quantitative estimate of drug-likeness (QED) is 0.822. The zero-order valence-corrected chi connectivity index (χ0v) is 12.8. The average Bonchev–Trinajstić information content (AvgIpc) is 2.89. The molecule has 3 rings (SSSR count). The average molecular weight is 344 g/mol. The Morgan fingerprint density at radius 1 is 1.43 bits per heavy atom. The molecule has 0 aliphatic carbocycles. The number of ketones is 1. The van der Waals surface area contributed by atoms with Crippen LogP contribution in [0.1, 0.15) is 41.3 Å². The van der Waals surface area contributed by atoms with Crippen molar-refractivity contribution in [3.63, 3.8) is 0 Å². The van der Waals surface area contributed by atoms with E-state index < -0.39 is 18.3 Å². The Morgan fingerprint density at radius 2 is 2.17 bits per heavy atom. The van der Waals surface area contributed by atoms with Gasteiger partial charge in [0.05, 0.1) is 17.8 Å². The number of fused-ring (bicyclic) bond motifs is 1. The Hall–Kier alpha value is -2.02. The molecule has 1 aromatic heterocycles. The smallest absolute Gasteiger partial charge is 0.363 e. The predicted molar refractivity (Wildman–Crippen MR) is 79.8 cm³/mol. The third kappa shape index (κ3) is 2.93. The first-order chi connectivity index (χ1) is 10.8. The number of nitrogens with zero attached hydrogens (tertiary/aromatic N) is 2. The molecule has 2 unspecified atom stereocenters. The van der Waals surface area contributed by atoms with Crippen molar-refractivity contribution in [3.05, 3.63) is 46.6 Å². The number of aromatic nitrogens is 2. The Bertz CT molecular complexity index is 757. The molecule has 4 nitrogen and oxygen atoms in total. The molecule has 0 amide bonds. The Morgan fingerprint density at radius 3 is 2.78 bits per heavy atom. The van der Waals surface area contributed by atoms with Crippen LogP contribution in [0, 0.1) is 0 Å². The summed E-state index contributed by atoms with van der Waals surface area (Å²) in [5.41, 5.74) is 0.777. The lowest BCUT2D eigenvalue weighted by Crippen LogP contribution is -2.36. The van der Waals surface area contributed by atoms with Gasteiger partial charge in [0.25, 0.3) is 0 Å². The van der Waals surface area contributed by atoms with E-state index in [2.05, 4.69) is 10.4 Å². The number of halogens is 4. The van der Waals surface area contributed by atoms with Crippen LogP contribution >= 0.6 is 11.6 Å². The second-order valence-corrected chi connectivity index (χ2v) is 5.89. The Balaban J connectivity index is 2.07. The number of alkyl halides is 3. The fourth-order valence-corrected chi connectivity index (χ4v) is 2.96. The molecule has 23 heavy (non-hydrogen) atoms. The Labute approximate surface area is 135 Å². The van der Waals surface area contributed by atoms with E-state index in [1.54, 1.807) is 24.3 Å². The van der Waals surface area contributed by atoms with E-state index in [-0.39, 0.29) is 23.6 Å². The van der Waals surface area contributed by atoms with Gasteiger partial charge in [-0.2, -0.15) is 18.3 Å². The summed E-state index contributed by atoms with van der Waals surface area (Å²) < 4.78 is 41.0. The number of hydrogen-bond donors (Lipinski definition) is 1. The molecule has 122 valence electrons. The minimum Gasteiger partial charge on any atom is -0.363 e. The number of rotatable bonds is 2. The number of benzene rings is 1. The van der Waals surface area contributed by atoms with Gasteiger partial charge in [-0.1, -0.05) is 23.7 Å². The highest BCUT2D eigenvalue weighted by molar-refractivity contribution is 6.30. The Kier molecular flexibility index (Phi) is 3.83. The van der Waals surface area contributed by atoms with Gasteiger partial charge in [0.2, 0.25) is 0 Å². The van der Waals surface area contributed by atoms with Gasteiger partial charge in [0, 0.05) is 11.4 Å². The first-order valence-electron chi connectivity index (χ1n) is 6.94. The van der Waals surface area contributed by atoms with Crippen LogP contribution in [0.25, 0.3) is 0 Å². The summed E-state index contributed by atoms with van der Waals surface area (Å²) in [5.74, 6) is -0.248. The fourth-order valence-electron chi connectivity index (χ4n) is 2.76. The zero-order valence-electron chi connectivity index (χ0n) is 12.1. The molecule has 0 fully saturated rings. The summed E-state index contributed by atoms with van der Waals surface area (Å²) in [5, 5.41) is 7.20. The minimum absolute atomic E-state index is 0.0936. The van der Waals surface area contributed by atoms with Gasteiger partial charge in [0.15, 0.2) is 11.8 Å². The van der Waals surface area contributed by atoms with E-state index in [1.165, 1.54) is 13.1 Å². The summed E-state index contributed by atoms with van der Waals surface area (Å²) in [6, 6.07) is 4.25. The van der Waals surface area contributed by atoms with Gasteiger partial charge in [-0.25, -0.2) is 4.68 Å². The number of nitrogens with one attached hydrogen (secondary N) is 1. The molecule has 1 aliphatic heterocycles. The number of carbonyl (C=O) groups is 1. The van der Waals surface area contributed by atoms with Crippen molar-refractivity contribution in [3.8, 4) is 0 Å². The summed E-state index contributed by atoms with van der Waals surface area (Å²) in [4.78, 5) is 11.6. The second kappa shape index (κ2) is 5.56. The van der Waals surface area contributed by atoms with Crippen molar-refractivity contribution in [2.45, 2.75) is 31.6 Å². The molecular formula is C15H13ClF3N3O. The van der Waals surface area contributed by atoms with Crippen LogP contribution in [0.3, 0.4) is 0 Å². The van der Waals surface area contributed by atoms with E-state index in [4.69, 9.17) is 11.6 Å². The molecule has 1 aromatic carbocycles. The largest absolute Gasteiger partial charge is 0.410 e. The lowest BCUT2D eigenvalue weighted by Gasteiger charge is -2.34. The first kappa shape index (κ1) is 15.9. The maximum Gasteiger partial charge on any atom is 0.410 e. The van der Waals surface area contributed by atoms with Crippen molar-refractivity contribution in [1.29, 1.82) is 0 Å². The third-order valence-corrected chi connectivity index (χ3v) is 4.10. The van der Waals surface area contributed by atoms with Crippen LogP contribution < -0.4 is 5.32 Å². The molecule has 0 bridgehead atoms. The van der Waals surface area contributed by atoms with E-state index in [1.807, 2.05) is 0 Å². The number of carbonyl (C=O) groups excluding carboxylic acids is 1.